The molecule has 1 aromatic rings. The van der Waals surface area contributed by atoms with Crippen molar-refractivity contribution in [3.05, 3.63) is 29.3 Å². The number of nitrogens with one attached hydrogen (secondary N) is 1. The topological polar surface area (TPSA) is 67.9 Å². The van der Waals surface area contributed by atoms with Crippen molar-refractivity contribution >= 4 is 12.0 Å². The monoisotopic (exact) mass is 384 g/mol. The third-order valence-electron chi connectivity index (χ3n) is 4.42. The fourth-order valence-corrected chi connectivity index (χ4v) is 3.22. The lowest BCUT2D eigenvalue weighted by Gasteiger charge is -2.39. The van der Waals surface area contributed by atoms with Crippen LogP contribution in [0.25, 0.3) is 0 Å². The molecule has 1 heterocycles. The maximum atomic E-state index is 14.6. The average Bonchev–Trinajstić information content (AvgIpc) is 2.53. The molecular formula is C19H26F2N2O4. The van der Waals surface area contributed by atoms with Gasteiger partial charge in [0.15, 0.2) is 0 Å². The summed E-state index contributed by atoms with van der Waals surface area (Å²) in [7, 11) is 1.33. The second-order valence-corrected chi connectivity index (χ2v) is 7.62. The SMILES string of the molecule is COc1cc(F)c([C@@H]2CCN(C(C)=O)C[C@H]2NC(=O)OC(C)(C)C)c(F)c1. The minimum Gasteiger partial charge on any atom is -0.497 e. The summed E-state index contributed by atoms with van der Waals surface area (Å²) in [5.41, 5.74) is -0.842. The number of carbonyl (C=O) groups excluding carboxylic acids is 2. The molecule has 0 radical (unpaired) electrons. The summed E-state index contributed by atoms with van der Waals surface area (Å²) < 4.78 is 39.3. The molecule has 0 bridgehead atoms. The molecule has 0 saturated carbocycles. The first-order valence-electron chi connectivity index (χ1n) is 8.79. The molecule has 0 aliphatic carbocycles. The Hall–Kier alpha value is -2.38. The molecule has 6 nitrogen and oxygen atoms in total. The highest BCUT2D eigenvalue weighted by Gasteiger charge is 2.36. The van der Waals surface area contributed by atoms with Gasteiger partial charge >= 0.3 is 6.09 Å². The molecule has 2 rings (SSSR count). The lowest BCUT2D eigenvalue weighted by Crippen LogP contribution is -2.53. The van der Waals surface area contributed by atoms with E-state index in [1.54, 1.807) is 20.8 Å². The zero-order valence-corrected chi connectivity index (χ0v) is 16.3. The largest absolute Gasteiger partial charge is 0.497 e. The molecule has 1 saturated heterocycles. The van der Waals surface area contributed by atoms with E-state index in [-0.39, 0.29) is 23.8 Å². The van der Waals surface area contributed by atoms with Gasteiger partial charge in [0.2, 0.25) is 5.91 Å². The van der Waals surface area contributed by atoms with Crippen LogP contribution in [0, 0.1) is 11.6 Å². The number of ether oxygens (including phenoxy) is 2. The number of hydrogen-bond acceptors (Lipinski definition) is 4. The van der Waals surface area contributed by atoms with Crippen molar-refractivity contribution in [1.29, 1.82) is 0 Å². The van der Waals surface area contributed by atoms with Crippen LogP contribution in [-0.4, -0.2) is 48.7 Å². The van der Waals surface area contributed by atoms with Crippen molar-refractivity contribution in [2.45, 2.75) is 51.7 Å². The van der Waals surface area contributed by atoms with Gasteiger partial charge in [-0.3, -0.25) is 4.79 Å². The van der Waals surface area contributed by atoms with Gasteiger partial charge in [-0.05, 0) is 27.2 Å². The third-order valence-corrected chi connectivity index (χ3v) is 4.42. The summed E-state index contributed by atoms with van der Waals surface area (Å²) in [6, 6.07) is 1.54. The number of alkyl carbamates (subject to hydrolysis) is 1. The number of methoxy groups -OCH3 is 1. The standard InChI is InChI=1S/C19H26F2N2O4/c1-11(24)23-7-6-13(16(10-23)22-18(25)27-19(2,3)4)17-14(20)8-12(26-5)9-15(17)21/h8-9,13,16H,6-7,10H2,1-5H3,(H,22,25)/t13-,16-/m1/s1. The molecule has 150 valence electrons. The number of nitrogens with zero attached hydrogens (tertiary/aromatic N) is 1. The molecule has 0 spiro atoms. The van der Waals surface area contributed by atoms with Crippen LogP contribution in [0.2, 0.25) is 0 Å². The number of benzene rings is 1. The van der Waals surface area contributed by atoms with Crippen LogP contribution in [0.15, 0.2) is 12.1 Å². The van der Waals surface area contributed by atoms with Crippen LogP contribution in [0.4, 0.5) is 13.6 Å². The molecule has 1 fully saturated rings. The van der Waals surface area contributed by atoms with E-state index in [0.717, 1.165) is 12.1 Å². The van der Waals surface area contributed by atoms with Crippen molar-refractivity contribution < 1.29 is 27.8 Å². The predicted molar refractivity (Wildman–Crippen MR) is 95.7 cm³/mol. The van der Waals surface area contributed by atoms with Gasteiger partial charge < -0.3 is 19.7 Å². The Morgan fingerprint density at radius 3 is 2.30 bits per heavy atom. The lowest BCUT2D eigenvalue weighted by molar-refractivity contribution is -0.130. The van der Waals surface area contributed by atoms with Crippen LogP contribution >= 0.6 is 0 Å². The first-order valence-corrected chi connectivity index (χ1v) is 8.79. The zero-order valence-electron chi connectivity index (χ0n) is 16.3. The Labute approximate surface area is 157 Å². The van der Waals surface area contributed by atoms with Crippen molar-refractivity contribution in [2.75, 3.05) is 20.2 Å². The lowest BCUT2D eigenvalue weighted by atomic mass is 9.84. The van der Waals surface area contributed by atoms with Gasteiger partial charge in [-0.2, -0.15) is 0 Å². The molecule has 1 aromatic carbocycles. The maximum absolute atomic E-state index is 14.6. The van der Waals surface area contributed by atoms with Crippen molar-refractivity contribution in [1.82, 2.24) is 10.2 Å². The Morgan fingerprint density at radius 2 is 1.81 bits per heavy atom. The summed E-state index contributed by atoms with van der Waals surface area (Å²) in [6.07, 6.45) is -0.391. The highest BCUT2D eigenvalue weighted by molar-refractivity contribution is 5.74. The molecule has 1 N–H and O–H groups in total. The summed E-state index contributed by atoms with van der Waals surface area (Å²) in [5.74, 6) is -2.22. The second kappa shape index (κ2) is 8.10. The molecule has 8 heteroatoms. The van der Waals surface area contributed by atoms with E-state index in [0.29, 0.717) is 13.0 Å². The average molecular weight is 384 g/mol. The molecule has 2 amide bonds. The fraction of sp³-hybridized carbons (Fsp3) is 0.579. The van der Waals surface area contributed by atoms with E-state index in [9.17, 15) is 18.4 Å². The smallest absolute Gasteiger partial charge is 0.407 e. The molecule has 1 aliphatic heterocycles. The molecular weight excluding hydrogens is 358 g/mol. The number of amides is 2. The van der Waals surface area contributed by atoms with Gasteiger partial charge in [0.25, 0.3) is 0 Å². The predicted octanol–water partition coefficient (Wildman–Crippen LogP) is 3.20. The molecule has 1 aliphatic rings. The number of halogens is 2. The first kappa shape index (κ1) is 20.9. The van der Waals surface area contributed by atoms with Crippen LogP contribution in [0.5, 0.6) is 5.75 Å². The van der Waals surface area contributed by atoms with Crippen molar-refractivity contribution in [3.8, 4) is 5.75 Å². The highest BCUT2D eigenvalue weighted by atomic mass is 19.1. The molecule has 27 heavy (non-hydrogen) atoms. The number of rotatable bonds is 3. The van der Waals surface area contributed by atoms with Crippen LogP contribution in [-0.2, 0) is 9.53 Å². The Morgan fingerprint density at radius 1 is 1.22 bits per heavy atom. The normalized spacial score (nSPS) is 20.2. The maximum Gasteiger partial charge on any atom is 0.407 e. The molecule has 0 aromatic heterocycles. The fourth-order valence-electron chi connectivity index (χ4n) is 3.22. The van der Waals surface area contributed by atoms with Gasteiger partial charge in [-0.25, -0.2) is 13.6 Å². The Kier molecular flexibility index (Phi) is 6.28. The minimum atomic E-state index is -0.746. The van der Waals surface area contributed by atoms with E-state index >= 15 is 0 Å². The van der Waals surface area contributed by atoms with Gasteiger partial charge in [0.05, 0.1) is 13.2 Å². The summed E-state index contributed by atoms with van der Waals surface area (Å²) >= 11 is 0. The summed E-state index contributed by atoms with van der Waals surface area (Å²) in [4.78, 5) is 25.5. The van der Waals surface area contributed by atoms with E-state index in [4.69, 9.17) is 9.47 Å². The second-order valence-electron chi connectivity index (χ2n) is 7.62. The highest BCUT2D eigenvalue weighted by Crippen LogP contribution is 2.34. The first-order chi connectivity index (χ1) is 12.5. The van der Waals surface area contributed by atoms with E-state index in [1.165, 1.54) is 18.9 Å². The van der Waals surface area contributed by atoms with Crippen molar-refractivity contribution in [3.63, 3.8) is 0 Å². The zero-order chi connectivity index (χ0) is 20.4. The van der Waals surface area contributed by atoms with Crippen LogP contribution in [0.3, 0.4) is 0 Å². The molecule has 0 unspecified atom stereocenters. The summed E-state index contributed by atoms with van der Waals surface area (Å²) in [6.45, 7) is 7.06. The van der Waals surface area contributed by atoms with E-state index in [1.807, 2.05) is 0 Å². The minimum absolute atomic E-state index is 0.0755. The van der Waals surface area contributed by atoms with Gasteiger partial charge in [-0.15, -0.1) is 0 Å². The van der Waals surface area contributed by atoms with Gasteiger partial charge in [0, 0.05) is 43.6 Å². The van der Waals surface area contributed by atoms with E-state index < -0.39 is 35.3 Å². The number of likely N-dealkylation sites (tertiary alicyclic amines) is 1. The Balaban J connectivity index is 2.32. The molecule has 2 atom stereocenters. The van der Waals surface area contributed by atoms with Crippen LogP contribution in [0.1, 0.15) is 45.6 Å². The number of carbonyl (C=O) groups is 2. The number of hydrogen-bond donors (Lipinski definition) is 1. The Bertz CT molecular complexity index is 695. The van der Waals surface area contributed by atoms with E-state index in [2.05, 4.69) is 5.32 Å². The van der Waals surface area contributed by atoms with Gasteiger partial charge in [-0.1, -0.05) is 0 Å². The summed E-state index contributed by atoms with van der Waals surface area (Å²) in [5, 5.41) is 2.67. The van der Waals surface area contributed by atoms with Crippen LogP contribution < -0.4 is 10.1 Å². The quantitative estimate of drug-likeness (QED) is 0.869. The van der Waals surface area contributed by atoms with Crippen molar-refractivity contribution in [2.24, 2.45) is 0 Å². The third kappa shape index (κ3) is 5.30. The van der Waals surface area contributed by atoms with Gasteiger partial charge in [0.1, 0.15) is 23.0 Å². The number of piperidine rings is 1.